The molecule has 0 aliphatic carbocycles. The quantitative estimate of drug-likeness (QED) is 0.280. The molecule has 0 atom stereocenters. The molecule has 0 saturated heterocycles. The Morgan fingerprint density at radius 2 is 1.00 bits per heavy atom. The molecule has 4 aromatic carbocycles. The van der Waals surface area contributed by atoms with Crippen LogP contribution in [0.3, 0.4) is 0 Å². The molecule has 0 amide bonds. The molecule has 0 heteroatoms. The van der Waals surface area contributed by atoms with E-state index in [0.717, 1.165) is 11.1 Å². The van der Waals surface area contributed by atoms with Gasteiger partial charge in [-0.15, -0.1) is 0 Å². The van der Waals surface area contributed by atoms with Crippen molar-refractivity contribution < 1.29 is 0 Å². The van der Waals surface area contributed by atoms with Crippen molar-refractivity contribution in [2.75, 3.05) is 0 Å². The first-order valence-electron chi connectivity index (χ1n) is 11.0. The van der Waals surface area contributed by atoms with Gasteiger partial charge in [-0.1, -0.05) is 127 Å². The first kappa shape index (κ1) is 25.2. The van der Waals surface area contributed by atoms with Gasteiger partial charge in [-0.25, -0.2) is 0 Å². The van der Waals surface area contributed by atoms with Crippen LogP contribution in [0.1, 0.15) is 38.9 Å². The smallest absolute Gasteiger partial charge is 0.0249 e. The summed E-state index contributed by atoms with van der Waals surface area (Å²) >= 11 is 0. The predicted octanol–water partition coefficient (Wildman–Crippen LogP) is 8.67. The lowest BCUT2D eigenvalue weighted by atomic mass is 10.1. The number of benzene rings is 4. The minimum atomic E-state index is 1.05. The molecule has 0 spiro atoms. The third-order valence-corrected chi connectivity index (χ3v) is 4.90. The molecule has 0 radical (unpaired) electrons. The van der Waals surface area contributed by atoms with Gasteiger partial charge in [0.25, 0.3) is 0 Å². The molecule has 0 fully saturated rings. The lowest BCUT2D eigenvalue weighted by molar-refractivity contribution is 1.45. The summed E-state index contributed by atoms with van der Waals surface area (Å²) in [6, 6.07) is 34.7. The van der Waals surface area contributed by atoms with Gasteiger partial charge in [-0.2, -0.15) is 0 Å². The zero-order valence-electron chi connectivity index (χ0n) is 19.9. The molecule has 4 rings (SSSR count). The number of hydrogen-bond donors (Lipinski definition) is 0. The van der Waals surface area contributed by atoms with E-state index < -0.39 is 0 Å². The Hall–Kier alpha value is -4.08. The Morgan fingerprint density at radius 3 is 1.48 bits per heavy atom. The Labute approximate surface area is 200 Å². The molecule has 0 N–H and O–H groups in total. The number of rotatable bonds is 2. The van der Waals surface area contributed by atoms with E-state index in [0.29, 0.717) is 0 Å². The molecule has 0 aliphatic rings. The van der Waals surface area contributed by atoms with Crippen molar-refractivity contribution in [3.05, 3.63) is 155 Å². The second kappa shape index (κ2) is 14.1. The molecular weight excluding hydrogens is 396 g/mol. The van der Waals surface area contributed by atoms with Crippen LogP contribution in [-0.2, 0) is 0 Å². The summed E-state index contributed by atoms with van der Waals surface area (Å²) in [5.74, 6) is 6.27. The van der Waals surface area contributed by atoms with Crippen LogP contribution in [0, 0.1) is 32.6 Å². The van der Waals surface area contributed by atoms with Gasteiger partial charge < -0.3 is 0 Å². The Bertz CT molecular complexity index is 1180. The van der Waals surface area contributed by atoms with E-state index in [9.17, 15) is 0 Å². The highest BCUT2D eigenvalue weighted by Gasteiger charge is 1.87. The maximum atomic E-state index is 3.69. The predicted molar refractivity (Wildman–Crippen MR) is 146 cm³/mol. The molecular formula is C33H32. The van der Waals surface area contributed by atoms with Crippen LogP contribution in [-0.4, -0.2) is 0 Å². The van der Waals surface area contributed by atoms with Gasteiger partial charge in [0.2, 0.25) is 0 Å². The molecule has 0 nitrogen and oxygen atoms in total. The Balaban J connectivity index is 0.000000186. The summed E-state index contributed by atoms with van der Waals surface area (Å²) in [5.41, 5.74) is 8.36. The average Bonchev–Trinajstić information content (AvgIpc) is 2.86. The molecule has 164 valence electrons. The maximum Gasteiger partial charge on any atom is 0.0249 e. The largest absolute Gasteiger partial charge is 0.0985 e. The molecule has 0 heterocycles. The van der Waals surface area contributed by atoms with E-state index in [1.54, 1.807) is 0 Å². The standard InChI is InChI=1S/C15H12.2C9H10/c1-13-7-9-15(10-8-13)12-11-14-5-3-2-4-6-14;1-3-9-6-4-8(2)5-7-9;1-3-9-7-5-4-6-8(9)2/h2-10H,1H3;2*3-7H,1H2,2H3. The second-order valence-corrected chi connectivity index (χ2v) is 7.66. The number of hydrogen-bond acceptors (Lipinski definition) is 0. The summed E-state index contributed by atoms with van der Waals surface area (Å²) in [7, 11) is 0. The highest BCUT2D eigenvalue weighted by Crippen LogP contribution is 2.07. The van der Waals surface area contributed by atoms with Gasteiger partial charge in [0.05, 0.1) is 0 Å². The van der Waals surface area contributed by atoms with Crippen LogP contribution in [0.2, 0.25) is 0 Å². The van der Waals surface area contributed by atoms with Crippen molar-refractivity contribution >= 4 is 12.2 Å². The summed E-state index contributed by atoms with van der Waals surface area (Å²) in [6.45, 7) is 13.6. The monoisotopic (exact) mass is 428 g/mol. The van der Waals surface area contributed by atoms with Crippen molar-refractivity contribution in [2.24, 2.45) is 0 Å². The van der Waals surface area contributed by atoms with Gasteiger partial charge in [0, 0.05) is 11.1 Å². The van der Waals surface area contributed by atoms with Crippen molar-refractivity contribution in [1.82, 2.24) is 0 Å². The molecule has 33 heavy (non-hydrogen) atoms. The van der Waals surface area contributed by atoms with Gasteiger partial charge in [-0.05, 0) is 61.7 Å². The highest BCUT2D eigenvalue weighted by atomic mass is 13.9. The third-order valence-electron chi connectivity index (χ3n) is 4.90. The Kier molecular flexibility index (Phi) is 10.7. The minimum Gasteiger partial charge on any atom is -0.0985 e. The van der Waals surface area contributed by atoms with E-state index in [4.69, 9.17) is 0 Å². The average molecular weight is 429 g/mol. The summed E-state index contributed by atoms with van der Waals surface area (Å²) in [5, 5.41) is 0. The zero-order valence-corrected chi connectivity index (χ0v) is 19.9. The van der Waals surface area contributed by atoms with E-state index in [2.05, 4.69) is 94.3 Å². The molecule has 0 bridgehead atoms. The molecule has 0 unspecified atom stereocenters. The fourth-order valence-electron chi connectivity index (χ4n) is 2.82. The first-order chi connectivity index (χ1) is 16.0. The van der Waals surface area contributed by atoms with E-state index in [-0.39, 0.29) is 0 Å². The van der Waals surface area contributed by atoms with Gasteiger partial charge in [0.15, 0.2) is 0 Å². The van der Waals surface area contributed by atoms with Gasteiger partial charge in [0.1, 0.15) is 0 Å². The van der Waals surface area contributed by atoms with Gasteiger partial charge in [-0.3, -0.25) is 0 Å². The van der Waals surface area contributed by atoms with Crippen LogP contribution in [0.25, 0.3) is 12.2 Å². The van der Waals surface area contributed by atoms with Crippen LogP contribution in [0.4, 0.5) is 0 Å². The van der Waals surface area contributed by atoms with Gasteiger partial charge >= 0.3 is 0 Å². The molecule has 4 aromatic rings. The van der Waals surface area contributed by atoms with Crippen molar-refractivity contribution in [3.63, 3.8) is 0 Å². The topological polar surface area (TPSA) is 0 Å². The van der Waals surface area contributed by atoms with Crippen molar-refractivity contribution in [1.29, 1.82) is 0 Å². The summed E-state index contributed by atoms with van der Waals surface area (Å²) < 4.78 is 0. The van der Waals surface area contributed by atoms with Crippen LogP contribution >= 0.6 is 0 Å². The molecule has 0 aromatic heterocycles. The zero-order chi connectivity index (χ0) is 23.9. The lowest BCUT2D eigenvalue weighted by Gasteiger charge is -1.95. The SMILES string of the molecule is C=Cc1ccc(C)cc1.C=Cc1ccccc1C.Cc1ccc(C#Cc2ccccc2)cc1. The third kappa shape index (κ3) is 9.72. The highest BCUT2D eigenvalue weighted by molar-refractivity contribution is 5.51. The number of aryl methyl sites for hydroxylation is 3. The fraction of sp³-hybridized carbons (Fsp3) is 0.0909. The first-order valence-corrected chi connectivity index (χ1v) is 11.0. The normalized spacial score (nSPS) is 9.06. The van der Waals surface area contributed by atoms with Crippen molar-refractivity contribution in [2.45, 2.75) is 20.8 Å². The molecule has 0 aliphatic heterocycles. The van der Waals surface area contributed by atoms with Crippen LogP contribution < -0.4 is 0 Å². The van der Waals surface area contributed by atoms with E-state index in [1.165, 1.54) is 27.8 Å². The summed E-state index contributed by atoms with van der Waals surface area (Å²) in [4.78, 5) is 0. The minimum absolute atomic E-state index is 1.05. The molecule has 0 saturated carbocycles. The Morgan fingerprint density at radius 1 is 0.515 bits per heavy atom. The second-order valence-electron chi connectivity index (χ2n) is 7.66. The lowest BCUT2D eigenvalue weighted by Crippen LogP contribution is -1.76. The summed E-state index contributed by atoms with van der Waals surface area (Å²) in [6.07, 6.45) is 3.72. The van der Waals surface area contributed by atoms with Crippen LogP contribution in [0.15, 0.2) is 116 Å². The maximum absolute atomic E-state index is 3.69. The van der Waals surface area contributed by atoms with Crippen LogP contribution in [0.5, 0.6) is 0 Å². The van der Waals surface area contributed by atoms with E-state index in [1.807, 2.05) is 66.7 Å². The van der Waals surface area contributed by atoms with Crippen molar-refractivity contribution in [3.8, 4) is 11.8 Å². The van der Waals surface area contributed by atoms with E-state index >= 15 is 0 Å². The fourth-order valence-corrected chi connectivity index (χ4v) is 2.82.